The van der Waals surface area contributed by atoms with Gasteiger partial charge in [-0.1, -0.05) is 29.8 Å². The van der Waals surface area contributed by atoms with E-state index >= 15 is 0 Å². The lowest BCUT2D eigenvalue weighted by Gasteiger charge is -2.09. The molecule has 0 aliphatic carbocycles. The largest absolute Gasteiger partial charge is 0.378 e. The van der Waals surface area contributed by atoms with Crippen molar-refractivity contribution in [2.24, 2.45) is 0 Å². The monoisotopic (exact) mass is 293 g/mol. The first-order valence-electron chi connectivity index (χ1n) is 5.96. The van der Waals surface area contributed by atoms with Crippen LogP contribution in [0.2, 0.25) is 5.02 Å². The number of rotatable bonds is 5. The van der Waals surface area contributed by atoms with Crippen molar-refractivity contribution in [3.63, 3.8) is 0 Å². The van der Waals surface area contributed by atoms with Gasteiger partial charge < -0.3 is 5.32 Å². The molecule has 0 fully saturated rings. The molecule has 104 valence electrons. The van der Waals surface area contributed by atoms with Crippen LogP contribution in [0.1, 0.15) is 5.56 Å². The van der Waals surface area contributed by atoms with Gasteiger partial charge in [-0.15, -0.1) is 6.58 Å². The van der Waals surface area contributed by atoms with Gasteiger partial charge in [0.05, 0.1) is 18.4 Å². The van der Waals surface area contributed by atoms with E-state index in [-0.39, 0.29) is 10.8 Å². The minimum absolute atomic E-state index is 0.0539. The van der Waals surface area contributed by atoms with Crippen LogP contribution in [0.3, 0.4) is 0 Å². The van der Waals surface area contributed by atoms with Gasteiger partial charge in [0.15, 0.2) is 0 Å². The maximum absolute atomic E-state index is 13.0. The molecule has 2 aromatic rings. The van der Waals surface area contributed by atoms with Gasteiger partial charge in [-0.05, 0) is 17.7 Å². The van der Waals surface area contributed by atoms with Gasteiger partial charge in [0.1, 0.15) is 10.8 Å². The smallest absolute Gasteiger partial charge is 0.287 e. The molecule has 4 nitrogen and oxygen atoms in total. The third-order valence-electron chi connectivity index (χ3n) is 2.66. The Morgan fingerprint density at radius 1 is 1.50 bits per heavy atom. The third kappa shape index (κ3) is 3.24. The number of anilines is 1. The van der Waals surface area contributed by atoms with Crippen molar-refractivity contribution < 1.29 is 4.39 Å². The molecule has 1 heterocycles. The molecule has 0 bridgehead atoms. The average molecular weight is 294 g/mol. The fourth-order valence-corrected chi connectivity index (χ4v) is 1.90. The summed E-state index contributed by atoms with van der Waals surface area (Å²) in [5, 5.41) is 6.99. The zero-order chi connectivity index (χ0) is 14.5. The summed E-state index contributed by atoms with van der Waals surface area (Å²) in [4.78, 5) is 11.9. The van der Waals surface area contributed by atoms with Gasteiger partial charge in [-0.3, -0.25) is 4.79 Å². The Hall–Kier alpha value is -2.14. The van der Waals surface area contributed by atoms with Gasteiger partial charge in [0, 0.05) is 6.54 Å². The van der Waals surface area contributed by atoms with Crippen LogP contribution in [0.5, 0.6) is 0 Å². The average Bonchev–Trinajstić information content (AvgIpc) is 2.43. The number of hydrogen-bond acceptors (Lipinski definition) is 3. The Balaban J connectivity index is 2.16. The second-order valence-electron chi connectivity index (χ2n) is 4.13. The first kappa shape index (κ1) is 14.3. The van der Waals surface area contributed by atoms with Gasteiger partial charge in [0.25, 0.3) is 5.56 Å². The van der Waals surface area contributed by atoms with Crippen LogP contribution in [-0.4, -0.2) is 9.78 Å². The van der Waals surface area contributed by atoms with Crippen LogP contribution in [-0.2, 0) is 13.1 Å². The second-order valence-corrected chi connectivity index (χ2v) is 4.51. The maximum atomic E-state index is 13.0. The van der Waals surface area contributed by atoms with Gasteiger partial charge >= 0.3 is 0 Å². The highest BCUT2D eigenvalue weighted by molar-refractivity contribution is 6.32. The number of nitrogens with one attached hydrogen (secondary N) is 1. The highest BCUT2D eigenvalue weighted by atomic mass is 35.5. The van der Waals surface area contributed by atoms with Crippen molar-refractivity contribution in [2.45, 2.75) is 13.1 Å². The first-order valence-corrected chi connectivity index (χ1v) is 6.34. The van der Waals surface area contributed by atoms with Gasteiger partial charge in [-0.25, -0.2) is 9.07 Å². The van der Waals surface area contributed by atoms with Crippen molar-refractivity contribution in [1.82, 2.24) is 9.78 Å². The Kier molecular flexibility index (Phi) is 4.53. The summed E-state index contributed by atoms with van der Waals surface area (Å²) >= 11 is 5.99. The van der Waals surface area contributed by atoms with Crippen LogP contribution in [0, 0.1) is 5.82 Å². The molecule has 0 saturated carbocycles. The summed E-state index contributed by atoms with van der Waals surface area (Å²) < 4.78 is 14.3. The van der Waals surface area contributed by atoms with Crippen LogP contribution in [0.4, 0.5) is 10.1 Å². The van der Waals surface area contributed by atoms with E-state index in [1.54, 1.807) is 18.2 Å². The van der Waals surface area contributed by atoms with Crippen LogP contribution >= 0.6 is 11.6 Å². The van der Waals surface area contributed by atoms with E-state index in [1.807, 2.05) is 0 Å². The predicted molar refractivity (Wildman–Crippen MR) is 77.4 cm³/mol. The molecule has 1 N–H and O–H groups in total. The van der Waals surface area contributed by atoms with Crippen molar-refractivity contribution in [1.29, 1.82) is 0 Å². The fourth-order valence-electron chi connectivity index (χ4n) is 1.68. The van der Waals surface area contributed by atoms with Gasteiger partial charge in [-0.2, -0.15) is 5.10 Å². The van der Waals surface area contributed by atoms with Crippen LogP contribution in [0.15, 0.2) is 47.9 Å². The molecule has 0 radical (unpaired) electrons. The molecule has 0 unspecified atom stereocenters. The quantitative estimate of drug-likeness (QED) is 0.862. The van der Waals surface area contributed by atoms with Gasteiger partial charge in [0.2, 0.25) is 0 Å². The topological polar surface area (TPSA) is 46.9 Å². The Labute approximate surface area is 120 Å². The third-order valence-corrected chi connectivity index (χ3v) is 3.02. The molecule has 0 saturated heterocycles. The maximum Gasteiger partial charge on any atom is 0.287 e. The van der Waals surface area contributed by atoms with E-state index in [0.717, 1.165) is 5.56 Å². The molecule has 0 spiro atoms. The van der Waals surface area contributed by atoms with Crippen molar-refractivity contribution >= 4 is 17.3 Å². The van der Waals surface area contributed by atoms with Crippen LogP contribution < -0.4 is 10.9 Å². The molecule has 1 aromatic carbocycles. The van der Waals surface area contributed by atoms with E-state index in [2.05, 4.69) is 17.0 Å². The highest BCUT2D eigenvalue weighted by Gasteiger charge is 2.08. The minimum atomic E-state index is -0.393. The van der Waals surface area contributed by atoms with E-state index in [1.165, 1.54) is 23.0 Å². The zero-order valence-corrected chi connectivity index (χ0v) is 11.4. The molecule has 2 rings (SSSR count). The first-order chi connectivity index (χ1) is 9.61. The highest BCUT2D eigenvalue weighted by Crippen LogP contribution is 2.16. The molecule has 0 atom stereocenters. The van der Waals surface area contributed by atoms with E-state index in [4.69, 9.17) is 11.6 Å². The molecular formula is C14H13ClFN3O. The molecule has 20 heavy (non-hydrogen) atoms. The lowest BCUT2D eigenvalue weighted by Crippen LogP contribution is -2.23. The number of allylic oxidation sites excluding steroid dienone is 1. The summed E-state index contributed by atoms with van der Waals surface area (Å²) in [6.45, 7) is 4.19. The summed E-state index contributed by atoms with van der Waals surface area (Å²) in [5.41, 5.74) is 0.772. The summed E-state index contributed by atoms with van der Waals surface area (Å²) in [5.74, 6) is -0.310. The molecule has 1 aromatic heterocycles. The van der Waals surface area contributed by atoms with E-state index in [0.29, 0.717) is 18.8 Å². The standard InChI is InChI=1S/C14H13ClFN3O/c1-2-6-19-14(20)13(15)12(9-18-19)17-8-10-4-3-5-11(16)7-10/h2-5,7,9,17H,1,6,8H2. The Morgan fingerprint density at radius 2 is 2.30 bits per heavy atom. The number of hydrogen-bond donors (Lipinski definition) is 1. The summed E-state index contributed by atoms with van der Waals surface area (Å²) in [7, 11) is 0. The van der Waals surface area contributed by atoms with Crippen molar-refractivity contribution in [3.05, 3.63) is 69.9 Å². The van der Waals surface area contributed by atoms with Crippen molar-refractivity contribution in [3.8, 4) is 0 Å². The fraction of sp³-hybridized carbons (Fsp3) is 0.143. The molecule has 0 aliphatic rings. The molecule has 6 heteroatoms. The lowest BCUT2D eigenvalue weighted by atomic mass is 10.2. The zero-order valence-electron chi connectivity index (χ0n) is 10.6. The molecular weight excluding hydrogens is 281 g/mol. The lowest BCUT2D eigenvalue weighted by molar-refractivity contribution is 0.626. The SMILES string of the molecule is C=CCn1ncc(NCc2cccc(F)c2)c(Cl)c1=O. The Bertz CT molecular complexity index is 684. The second kappa shape index (κ2) is 6.34. The summed E-state index contributed by atoms with van der Waals surface area (Å²) in [6, 6.07) is 6.17. The molecule has 0 aliphatic heterocycles. The van der Waals surface area contributed by atoms with E-state index < -0.39 is 5.56 Å². The van der Waals surface area contributed by atoms with Crippen LogP contribution in [0.25, 0.3) is 0 Å². The number of nitrogens with zero attached hydrogens (tertiary/aromatic N) is 2. The minimum Gasteiger partial charge on any atom is -0.378 e. The normalized spacial score (nSPS) is 10.3. The number of aromatic nitrogens is 2. The number of benzene rings is 1. The number of halogens is 2. The molecule has 0 amide bonds. The Morgan fingerprint density at radius 3 is 3.00 bits per heavy atom. The summed E-state index contributed by atoms with van der Waals surface area (Å²) in [6.07, 6.45) is 3.02. The predicted octanol–water partition coefficient (Wildman–Crippen LogP) is 2.83. The van der Waals surface area contributed by atoms with E-state index in [9.17, 15) is 9.18 Å². The van der Waals surface area contributed by atoms with Crippen molar-refractivity contribution in [2.75, 3.05) is 5.32 Å².